The lowest BCUT2D eigenvalue weighted by Gasteiger charge is -2.36. The summed E-state index contributed by atoms with van der Waals surface area (Å²) in [7, 11) is -1.54. The van der Waals surface area contributed by atoms with Gasteiger partial charge in [-0.25, -0.2) is 8.42 Å². The Morgan fingerprint density at radius 1 is 1.47 bits per heavy atom. The van der Waals surface area contributed by atoms with E-state index < -0.39 is 10.0 Å². The van der Waals surface area contributed by atoms with Crippen LogP contribution < -0.4 is 5.73 Å². The molecule has 0 spiro atoms. The van der Waals surface area contributed by atoms with E-state index in [0.717, 1.165) is 6.54 Å². The zero-order chi connectivity index (χ0) is 14.2. The molecule has 1 aromatic heterocycles. The highest BCUT2D eigenvalue weighted by Crippen LogP contribution is 2.23. The number of aromatic nitrogens is 2. The first-order valence-electron chi connectivity index (χ1n) is 6.39. The third-order valence-corrected chi connectivity index (χ3v) is 5.50. The number of rotatable bonds is 3. The van der Waals surface area contributed by atoms with Crippen molar-refractivity contribution in [2.45, 2.75) is 31.3 Å². The fourth-order valence-electron chi connectivity index (χ4n) is 2.15. The van der Waals surface area contributed by atoms with Crippen molar-refractivity contribution in [3.05, 3.63) is 6.20 Å². The van der Waals surface area contributed by atoms with Gasteiger partial charge in [0.1, 0.15) is 4.90 Å². The lowest BCUT2D eigenvalue weighted by Crippen LogP contribution is -2.51. The number of anilines is 1. The molecule has 2 N–H and O–H groups in total. The largest absolute Gasteiger partial charge is 0.381 e. The second kappa shape index (κ2) is 5.10. The van der Waals surface area contributed by atoms with Crippen LogP contribution >= 0.6 is 0 Å². The molecule has 2 rings (SSSR count). The summed E-state index contributed by atoms with van der Waals surface area (Å²) in [6.07, 6.45) is 1.51. The Morgan fingerprint density at radius 3 is 2.68 bits per heavy atom. The van der Waals surface area contributed by atoms with E-state index in [1.54, 1.807) is 4.68 Å². The van der Waals surface area contributed by atoms with Gasteiger partial charge in [0, 0.05) is 38.4 Å². The maximum absolute atomic E-state index is 12.6. The fourth-order valence-corrected chi connectivity index (χ4v) is 3.72. The molecule has 1 saturated heterocycles. The molecule has 0 aliphatic carbocycles. The Hall–Kier alpha value is -1.12. The van der Waals surface area contributed by atoms with Crippen molar-refractivity contribution in [3.8, 4) is 0 Å². The van der Waals surface area contributed by atoms with Crippen LogP contribution in [0.3, 0.4) is 0 Å². The number of nitrogen functional groups attached to an aromatic ring is 1. The van der Waals surface area contributed by atoms with Crippen LogP contribution in [-0.4, -0.2) is 60.1 Å². The van der Waals surface area contributed by atoms with Crippen molar-refractivity contribution in [1.82, 2.24) is 19.0 Å². The minimum Gasteiger partial charge on any atom is -0.381 e. The van der Waals surface area contributed by atoms with E-state index in [1.165, 1.54) is 10.5 Å². The van der Waals surface area contributed by atoms with Gasteiger partial charge in [-0.3, -0.25) is 4.68 Å². The van der Waals surface area contributed by atoms with Gasteiger partial charge in [-0.05, 0) is 20.9 Å². The van der Waals surface area contributed by atoms with Crippen molar-refractivity contribution in [1.29, 1.82) is 0 Å². The zero-order valence-corrected chi connectivity index (χ0v) is 12.4. The third kappa shape index (κ3) is 2.60. The van der Waals surface area contributed by atoms with Gasteiger partial charge in [0.15, 0.2) is 5.82 Å². The maximum Gasteiger partial charge on any atom is 0.248 e. The van der Waals surface area contributed by atoms with Crippen LogP contribution in [0.2, 0.25) is 0 Å². The van der Waals surface area contributed by atoms with Gasteiger partial charge in [-0.2, -0.15) is 9.40 Å². The summed E-state index contributed by atoms with van der Waals surface area (Å²) in [5.74, 6) is 0.0773. The van der Waals surface area contributed by atoms with Crippen molar-refractivity contribution in [2.75, 3.05) is 32.4 Å². The molecule has 1 unspecified atom stereocenters. The topological polar surface area (TPSA) is 84.5 Å². The molecule has 1 atom stereocenters. The second-order valence-corrected chi connectivity index (χ2v) is 6.83. The van der Waals surface area contributed by atoms with Gasteiger partial charge in [0.2, 0.25) is 10.0 Å². The van der Waals surface area contributed by atoms with E-state index in [-0.39, 0.29) is 16.8 Å². The van der Waals surface area contributed by atoms with Crippen LogP contribution in [0.25, 0.3) is 0 Å². The maximum atomic E-state index is 12.6. The van der Waals surface area contributed by atoms with E-state index in [1.807, 2.05) is 20.9 Å². The smallest absolute Gasteiger partial charge is 0.248 e. The Morgan fingerprint density at radius 2 is 2.16 bits per heavy atom. The van der Waals surface area contributed by atoms with E-state index >= 15 is 0 Å². The average molecular weight is 287 g/mol. The Labute approximate surface area is 114 Å². The lowest BCUT2D eigenvalue weighted by molar-refractivity contribution is 0.159. The van der Waals surface area contributed by atoms with Gasteiger partial charge in [0.05, 0.1) is 0 Å². The van der Waals surface area contributed by atoms with Crippen molar-refractivity contribution in [3.63, 3.8) is 0 Å². The Kier molecular flexibility index (Phi) is 3.84. The summed E-state index contributed by atoms with van der Waals surface area (Å²) < 4.78 is 28.2. The molecule has 0 saturated carbocycles. The van der Waals surface area contributed by atoms with Gasteiger partial charge in [0.25, 0.3) is 0 Å². The number of aryl methyl sites for hydroxylation is 1. The van der Waals surface area contributed by atoms with Crippen LogP contribution in [0, 0.1) is 0 Å². The molecule has 1 aromatic rings. The molecule has 2 heterocycles. The zero-order valence-electron chi connectivity index (χ0n) is 11.6. The molecule has 0 aromatic carbocycles. The highest BCUT2D eigenvalue weighted by molar-refractivity contribution is 7.89. The SMILES string of the molecule is CCn1cc(S(=O)(=O)N2CCN(C)C(C)C2)c(N)n1. The van der Waals surface area contributed by atoms with Crippen molar-refractivity contribution < 1.29 is 8.42 Å². The van der Waals surface area contributed by atoms with E-state index in [4.69, 9.17) is 5.73 Å². The summed E-state index contributed by atoms with van der Waals surface area (Å²) in [5, 5.41) is 4.00. The second-order valence-electron chi connectivity index (χ2n) is 4.93. The molecule has 108 valence electrons. The molecule has 0 bridgehead atoms. The lowest BCUT2D eigenvalue weighted by atomic mass is 10.2. The molecule has 7 nitrogen and oxygen atoms in total. The van der Waals surface area contributed by atoms with E-state index in [0.29, 0.717) is 19.6 Å². The summed E-state index contributed by atoms with van der Waals surface area (Å²) >= 11 is 0. The normalized spacial score (nSPS) is 22.8. The first-order valence-corrected chi connectivity index (χ1v) is 7.83. The molecule has 8 heteroatoms. The molecular formula is C11H21N5O2S. The first-order chi connectivity index (χ1) is 8.86. The van der Waals surface area contributed by atoms with E-state index in [2.05, 4.69) is 10.00 Å². The van der Waals surface area contributed by atoms with Crippen molar-refractivity contribution in [2.24, 2.45) is 0 Å². The number of likely N-dealkylation sites (N-methyl/N-ethyl adjacent to an activating group) is 1. The molecule has 0 amide bonds. The number of nitrogens with zero attached hydrogens (tertiary/aromatic N) is 4. The minimum absolute atomic E-state index is 0.0773. The van der Waals surface area contributed by atoms with Gasteiger partial charge < -0.3 is 10.6 Å². The number of piperazine rings is 1. The predicted octanol–water partition coefficient (Wildman–Crippen LogP) is -0.190. The monoisotopic (exact) mass is 287 g/mol. The van der Waals surface area contributed by atoms with E-state index in [9.17, 15) is 8.42 Å². The van der Waals surface area contributed by atoms with Gasteiger partial charge in [-0.1, -0.05) is 0 Å². The molecule has 0 radical (unpaired) electrons. The molecule has 1 aliphatic heterocycles. The highest BCUT2D eigenvalue weighted by Gasteiger charge is 2.33. The molecule has 1 fully saturated rings. The number of hydrogen-bond acceptors (Lipinski definition) is 5. The Balaban J connectivity index is 2.29. The van der Waals surface area contributed by atoms with Gasteiger partial charge in [-0.15, -0.1) is 0 Å². The highest BCUT2D eigenvalue weighted by atomic mass is 32.2. The van der Waals surface area contributed by atoms with Crippen LogP contribution in [0.4, 0.5) is 5.82 Å². The van der Waals surface area contributed by atoms with Crippen LogP contribution in [0.15, 0.2) is 11.1 Å². The standard InChI is InChI=1S/C11H21N5O2S/c1-4-15-8-10(11(12)13-15)19(17,18)16-6-5-14(3)9(2)7-16/h8-9H,4-7H2,1-3H3,(H2,12,13). The van der Waals surface area contributed by atoms with Crippen LogP contribution in [0.5, 0.6) is 0 Å². The van der Waals surface area contributed by atoms with Crippen LogP contribution in [-0.2, 0) is 16.6 Å². The summed E-state index contributed by atoms with van der Waals surface area (Å²) in [4.78, 5) is 2.26. The first kappa shape index (κ1) is 14.3. The summed E-state index contributed by atoms with van der Waals surface area (Å²) in [5.41, 5.74) is 5.72. The summed E-state index contributed by atoms with van der Waals surface area (Å²) in [6, 6.07) is 0.200. The number of sulfonamides is 1. The molecule has 19 heavy (non-hydrogen) atoms. The number of nitrogens with two attached hydrogens (primary N) is 1. The van der Waals surface area contributed by atoms with Crippen LogP contribution in [0.1, 0.15) is 13.8 Å². The Bertz CT molecular complexity index is 553. The summed E-state index contributed by atoms with van der Waals surface area (Å²) in [6.45, 7) is 6.19. The number of hydrogen-bond donors (Lipinski definition) is 1. The third-order valence-electron chi connectivity index (χ3n) is 3.62. The minimum atomic E-state index is -3.54. The predicted molar refractivity (Wildman–Crippen MR) is 73.2 cm³/mol. The molecular weight excluding hydrogens is 266 g/mol. The van der Waals surface area contributed by atoms with Crippen molar-refractivity contribution >= 4 is 15.8 Å². The quantitative estimate of drug-likeness (QED) is 0.833. The fraction of sp³-hybridized carbons (Fsp3) is 0.727. The molecule has 1 aliphatic rings. The van der Waals surface area contributed by atoms with Gasteiger partial charge >= 0.3 is 0 Å². The average Bonchev–Trinajstić information content (AvgIpc) is 2.74.